The molecule has 0 aliphatic carbocycles. The summed E-state index contributed by atoms with van der Waals surface area (Å²) in [7, 11) is 1.43. The molecule has 3 unspecified atom stereocenters. The number of anilines is 3. The van der Waals surface area contributed by atoms with Crippen molar-refractivity contribution >= 4 is 47.0 Å². The zero-order valence-corrected chi connectivity index (χ0v) is 24.3. The Bertz CT molecular complexity index is 1270. The molecule has 1 heterocycles. The predicted octanol–water partition coefficient (Wildman–Crippen LogP) is 3.47. The van der Waals surface area contributed by atoms with E-state index in [9.17, 15) is 9.36 Å². The van der Waals surface area contributed by atoms with Crippen molar-refractivity contribution in [2.75, 3.05) is 56.5 Å². The second kappa shape index (κ2) is 13.3. The van der Waals surface area contributed by atoms with E-state index in [0.29, 0.717) is 18.8 Å². The highest BCUT2D eigenvalue weighted by atomic mass is 35.5. The third-order valence-electron chi connectivity index (χ3n) is 6.01. The number of rotatable bonds is 9. The summed E-state index contributed by atoms with van der Waals surface area (Å²) in [5, 5.41) is 17.2. The molecule has 8 nitrogen and oxygen atoms in total. The number of alkyl halides is 1. The third-order valence-corrected chi connectivity index (χ3v) is 7.96. The molecular weight excluding hydrogens is 519 g/mol. The first-order valence-electron chi connectivity index (χ1n) is 12.6. The number of benzene rings is 2. The summed E-state index contributed by atoms with van der Waals surface area (Å²) in [5.74, 6) is 6.03. The summed E-state index contributed by atoms with van der Waals surface area (Å²) in [6.45, 7) is 10.3. The van der Waals surface area contributed by atoms with E-state index in [0.717, 1.165) is 34.2 Å². The van der Waals surface area contributed by atoms with Crippen LogP contribution in [0.15, 0.2) is 49.1 Å². The Morgan fingerprint density at radius 2 is 1.95 bits per heavy atom. The smallest absolute Gasteiger partial charge is 0.247 e. The Morgan fingerprint density at radius 3 is 2.61 bits per heavy atom. The number of nitrogens with one attached hydrogen (secondary N) is 5. The molecule has 0 spiro atoms. The van der Waals surface area contributed by atoms with Crippen molar-refractivity contribution in [1.82, 2.24) is 15.5 Å². The van der Waals surface area contributed by atoms with Crippen molar-refractivity contribution in [1.29, 1.82) is 0 Å². The van der Waals surface area contributed by atoms with Crippen molar-refractivity contribution in [3.8, 4) is 11.8 Å². The molecule has 1 aliphatic heterocycles. The fraction of sp³-hybridized carbons (Fsp3) is 0.393. The minimum absolute atomic E-state index is 0.253. The number of aryl methyl sites for hydroxylation is 1. The highest BCUT2D eigenvalue weighted by molar-refractivity contribution is 7.70. The van der Waals surface area contributed by atoms with Gasteiger partial charge in [0.15, 0.2) is 0 Å². The molecule has 1 fully saturated rings. The molecule has 5 N–H and O–H groups in total. The number of carbonyl (C=O) groups excluding carboxylic acids is 1. The van der Waals surface area contributed by atoms with E-state index in [1.54, 1.807) is 13.3 Å². The lowest BCUT2D eigenvalue weighted by atomic mass is 10.0. The molecule has 2 aromatic carbocycles. The molecule has 0 aromatic heterocycles. The van der Waals surface area contributed by atoms with E-state index in [4.69, 9.17) is 11.6 Å². The molecule has 1 aliphatic rings. The molecule has 0 radical (unpaired) electrons. The van der Waals surface area contributed by atoms with Gasteiger partial charge in [0.1, 0.15) is 13.4 Å². The van der Waals surface area contributed by atoms with Crippen LogP contribution < -0.4 is 31.9 Å². The van der Waals surface area contributed by atoms with Crippen LogP contribution in [0.2, 0.25) is 0 Å². The first-order valence-corrected chi connectivity index (χ1v) is 15.6. The van der Waals surface area contributed by atoms with Crippen LogP contribution in [0.5, 0.6) is 0 Å². The number of carbonyl (C=O) groups is 1. The van der Waals surface area contributed by atoms with E-state index in [1.807, 2.05) is 55.4 Å². The Hall–Kier alpha value is -2.79. The van der Waals surface area contributed by atoms with Crippen LogP contribution in [0, 0.1) is 11.8 Å². The van der Waals surface area contributed by atoms with E-state index >= 15 is 0 Å². The number of hydrogen-bond acceptors (Lipinski definition) is 7. The van der Waals surface area contributed by atoms with Gasteiger partial charge in [-0.05, 0) is 69.8 Å². The van der Waals surface area contributed by atoms with E-state index in [2.05, 4.69) is 51.9 Å². The molecule has 1 saturated heterocycles. The zero-order valence-electron chi connectivity index (χ0n) is 22.7. The summed E-state index contributed by atoms with van der Waals surface area (Å²) in [5.41, 5.74) is 4.06. The predicted molar refractivity (Wildman–Crippen MR) is 161 cm³/mol. The lowest BCUT2D eigenvalue weighted by molar-refractivity contribution is -0.111. The molecule has 3 rings (SSSR count). The Morgan fingerprint density at radius 1 is 1.21 bits per heavy atom. The van der Waals surface area contributed by atoms with Gasteiger partial charge in [-0.1, -0.05) is 37.5 Å². The molecule has 1 amide bonds. The SMILES string of the molecule is C=CC(=O)Nc1cc(NC2NCC(Cl)C(Nc3ccccc3P(C)(C)=O)N2)c(CC)cc1C#CCN(C)C. The minimum Gasteiger partial charge on any atom is -0.368 e. The summed E-state index contributed by atoms with van der Waals surface area (Å²) in [4.78, 5) is 14.1. The van der Waals surface area contributed by atoms with E-state index in [-0.39, 0.29) is 23.7 Å². The molecule has 0 saturated carbocycles. The normalized spacial score (nSPS) is 19.3. The second-order valence-corrected chi connectivity index (χ2v) is 13.5. The maximum Gasteiger partial charge on any atom is 0.247 e. The topological polar surface area (TPSA) is 97.5 Å². The van der Waals surface area contributed by atoms with Gasteiger partial charge in [0, 0.05) is 28.8 Å². The van der Waals surface area contributed by atoms with Gasteiger partial charge in [0.25, 0.3) is 0 Å². The number of para-hydroxylation sites is 1. The van der Waals surface area contributed by atoms with Gasteiger partial charge in [-0.25, -0.2) is 0 Å². The Kier molecular flexibility index (Phi) is 10.4. The van der Waals surface area contributed by atoms with Crippen LogP contribution in [-0.4, -0.2) is 69.2 Å². The van der Waals surface area contributed by atoms with E-state index in [1.165, 1.54) is 6.08 Å². The first-order chi connectivity index (χ1) is 18.0. The maximum absolute atomic E-state index is 12.8. The minimum atomic E-state index is -2.48. The lowest BCUT2D eigenvalue weighted by Crippen LogP contribution is -2.64. The molecule has 3 atom stereocenters. The van der Waals surface area contributed by atoms with Crippen LogP contribution in [0.4, 0.5) is 17.1 Å². The molecule has 10 heteroatoms. The van der Waals surface area contributed by atoms with Crippen LogP contribution in [0.25, 0.3) is 0 Å². The summed E-state index contributed by atoms with van der Waals surface area (Å²) in [6.07, 6.45) is 1.40. The average molecular weight is 557 g/mol. The van der Waals surface area contributed by atoms with Crippen LogP contribution in [0.3, 0.4) is 0 Å². The Labute approximate surface area is 231 Å². The highest BCUT2D eigenvalue weighted by Crippen LogP contribution is 2.37. The number of hydrogen-bond donors (Lipinski definition) is 5. The standard InChI is InChI=1S/C28H38ClN6O2P/c1-7-19-16-20(12-11-15-35(3)4)24(31-26(36)8-2)17-23(19)33-28-30-18-21(29)27(34-28)32-22-13-9-10-14-25(22)38(5,6)37/h8-10,13-14,16-17,21,27-28,30,32-34H,2,7,15,18H2,1,3-6H3,(H,31,36). The lowest BCUT2D eigenvalue weighted by Gasteiger charge is -2.38. The van der Waals surface area contributed by atoms with Crippen molar-refractivity contribution in [3.05, 3.63) is 60.2 Å². The number of nitrogens with zero attached hydrogens (tertiary/aromatic N) is 1. The molecule has 0 bridgehead atoms. The summed E-state index contributed by atoms with van der Waals surface area (Å²) < 4.78 is 12.8. The van der Waals surface area contributed by atoms with Gasteiger partial charge < -0.3 is 20.5 Å². The van der Waals surface area contributed by atoms with Gasteiger partial charge in [-0.2, -0.15) is 0 Å². The number of halogens is 1. The summed E-state index contributed by atoms with van der Waals surface area (Å²) >= 11 is 6.66. The van der Waals surface area contributed by atoms with Gasteiger partial charge >= 0.3 is 0 Å². The summed E-state index contributed by atoms with van der Waals surface area (Å²) in [6, 6.07) is 11.5. The number of amides is 1. The van der Waals surface area contributed by atoms with Crippen molar-refractivity contribution in [2.45, 2.75) is 31.2 Å². The zero-order chi connectivity index (χ0) is 27.9. The highest BCUT2D eigenvalue weighted by Gasteiger charge is 2.30. The Balaban J connectivity index is 1.86. The molecular formula is C28H38ClN6O2P. The van der Waals surface area contributed by atoms with Crippen molar-refractivity contribution in [3.63, 3.8) is 0 Å². The molecule has 2 aromatic rings. The molecule has 38 heavy (non-hydrogen) atoms. The van der Waals surface area contributed by atoms with Crippen molar-refractivity contribution < 1.29 is 9.36 Å². The average Bonchev–Trinajstić information content (AvgIpc) is 2.86. The largest absolute Gasteiger partial charge is 0.368 e. The first kappa shape index (κ1) is 29.8. The fourth-order valence-corrected chi connectivity index (χ4v) is 5.45. The van der Waals surface area contributed by atoms with Crippen LogP contribution >= 0.6 is 18.7 Å². The van der Waals surface area contributed by atoms with Gasteiger partial charge in [0.2, 0.25) is 5.91 Å². The van der Waals surface area contributed by atoms with E-state index < -0.39 is 7.14 Å². The monoisotopic (exact) mass is 556 g/mol. The fourth-order valence-electron chi connectivity index (χ4n) is 4.06. The van der Waals surface area contributed by atoms with Crippen LogP contribution in [0.1, 0.15) is 18.1 Å². The van der Waals surface area contributed by atoms with Gasteiger partial charge in [0.05, 0.1) is 23.8 Å². The quantitative estimate of drug-likeness (QED) is 0.140. The van der Waals surface area contributed by atoms with Crippen LogP contribution in [-0.2, 0) is 15.8 Å². The van der Waals surface area contributed by atoms with Gasteiger partial charge in [-0.3, -0.25) is 20.3 Å². The third kappa shape index (κ3) is 8.10. The van der Waals surface area contributed by atoms with Gasteiger partial charge in [-0.15, -0.1) is 11.6 Å². The van der Waals surface area contributed by atoms with Crippen molar-refractivity contribution in [2.24, 2.45) is 0 Å². The molecule has 204 valence electrons. The second-order valence-electron chi connectivity index (χ2n) is 9.80. The maximum atomic E-state index is 12.8.